The number of nitrogens with zero attached hydrogens (tertiary/aromatic N) is 3. The molecule has 4 rings (SSSR count). The second-order valence-corrected chi connectivity index (χ2v) is 12.4. The molecule has 0 bridgehead atoms. The number of rotatable bonds is 8. The second-order valence-electron chi connectivity index (χ2n) is 10.5. The van der Waals surface area contributed by atoms with E-state index in [2.05, 4.69) is 5.32 Å². The third kappa shape index (κ3) is 5.70. The third-order valence-corrected chi connectivity index (χ3v) is 9.37. The van der Waals surface area contributed by atoms with E-state index in [1.54, 1.807) is 23.7 Å². The van der Waals surface area contributed by atoms with Gasteiger partial charge in [0.05, 0.1) is 16.4 Å². The molecular formula is C29H35N5O4S. The molecule has 3 N–H and O–H groups in total. The van der Waals surface area contributed by atoms with Crippen LogP contribution in [0.25, 0.3) is 10.9 Å². The second kappa shape index (κ2) is 11.6. The zero-order valence-corrected chi connectivity index (χ0v) is 23.4. The van der Waals surface area contributed by atoms with Crippen LogP contribution in [0, 0.1) is 17.2 Å². The van der Waals surface area contributed by atoms with Gasteiger partial charge in [-0.05, 0) is 49.8 Å². The summed E-state index contributed by atoms with van der Waals surface area (Å²) in [6, 6.07) is 15.5. The summed E-state index contributed by atoms with van der Waals surface area (Å²) in [7, 11) is -2.07. The third-order valence-electron chi connectivity index (χ3n) is 7.41. The van der Waals surface area contributed by atoms with Gasteiger partial charge < -0.3 is 15.6 Å². The van der Waals surface area contributed by atoms with Gasteiger partial charge in [-0.2, -0.15) is 9.57 Å². The number of hydrogen-bond acceptors (Lipinski definition) is 5. The molecule has 0 spiro atoms. The van der Waals surface area contributed by atoms with Gasteiger partial charge in [0.25, 0.3) is 5.91 Å². The maximum absolute atomic E-state index is 13.8. The minimum Gasteiger partial charge on any atom is -0.364 e. The van der Waals surface area contributed by atoms with Gasteiger partial charge in [0.15, 0.2) is 0 Å². The summed E-state index contributed by atoms with van der Waals surface area (Å²) in [6.07, 6.45) is 2.14. The van der Waals surface area contributed by atoms with E-state index in [1.807, 2.05) is 44.2 Å². The van der Waals surface area contributed by atoms with Crippen molar-refractivity contribution in [1.82, 2.24) is 14.2 Å². The Kier molecular flexibility index (Phi) is 8.42. The molecule has 1 saturated heterocycles. The van der Waals surface area contributed by atoms with Crippen LogP contribution in [0.4, 0.5) is 0 Å². The van der Waals surface area contributed by atoms with Crippen LogP contribution in [-0.2, 0) is 21.9 Å². The molecule has 2 atom stereocenters. The number of aromatic nitrogens is 1. The number of sulfonamides is 1. The van der Waals surface area contributed by atoms with Crippen LogP contribution in [0.15, 0.2) is 53.4 Å². The summed E-state index contributed by atoms with van der Waals surface area (Å²) < 4.78 is 29.8. The smallest absolute Gasteiger partial charge is 0.265 e. The molecule has 9 nitrogen and oxygen atoms in total. The fourth-order valence-electron chi connectivity index (χ4n) is 5.58. The molecule has 39 heavy (non-hydrogen) atoms. The Hall–Kier alpha value is -3.68. The number of aryl methyl sites for hydroxylation is 1. The molecule has 0 saturated carbocycles. The summed E-state index contributed by atoms with van der Waals surface area (Å²) in [5.41, 5.74) is 7.71. The number of nitriles is 1. The lowest BCUT2D eigenvalue weighted by Crippen LogP contribution is -2.40. The fraction of sp³-hybridized carbons (Fsp3) is 0.414. The largest absolute Gasteiger partial charge is 0.364 e. The molecule has 10 heteroatoms. The lowest BCUT2D eigenvalue weighted by atomic mass is 9.87. The van der Waals surface area contributed by atoms with Crippen molar-refractivity contribution in [3.8, 4) is 6.07 Å². The van der Waals surface area contributed by atoms with Gasteiger partial charge in [-0.25, -0.2) is 8.42 Å². The van der Waals surface area contributed by atoms with E-state index in [1.165, 1.54) is 16.4 Å². The number of fused-ring (bicyclic) bond motifs is 1. The summed E-state index contributed by atoms with van der Waals surface area (Å²) in [5.74, 6) is -1.20. The van der Waals surface area contributed by atoms with Crippen LogP contribution in [0.3, 0.4) is 0 Å². The molecule has 206 valence electrons. The number of benzene rings is 2. The van der Waals surface area contributed by atoms with Crippen LogP contribution in [0.1, 0.15) is 67.1 Å². The van der Waals surface area contributed by atoms with E-state index in [-0.39, 0.29) is 34.9 Å². The van der Waals surface area contributed by atoms with Crippen LogP contribution >= 0.6 is 0 Å². The number of primary amides is 1. The molecule has 1 aromatic heterocycles. The standard InChI is InChI=1S/C29H35N5O4S/c1-19(2)17-23(26-22-11-5-6-12-24(22)33(3)27(26)28(31)35)29(36)32-21-10-8-15-34(16-14-21)39(37,38)25-13-7-4-9-20(25)18-30/h4-7,9,11-13,19,21,23H,8,10,14-17H2,1-3H3,(H2,31,35)(H,32,36)/t21-,23+/m1/s1. The van der Waals surface area contributed by atoms with Gasteiger partial charge in [0.2, 0.25) is 15.9 Å². The maximum Gasteiger partial charge on any atom is 0.265 e. The minimum atomic E-state index is -3.85. The van der Waals surface area contributed by atoms with Gasteiger partial charge in [0, 0.05) is 42.6 Å². The Morgan fingerprint density at radius 2 is 1.79 bits per heavy atom. The average Bonchev–Trinajstić information content (AvgIpc) is 3.03. The molecule has 2 heterocycles. The maximum atomic E-state index is 13.8. The number of carbonyl (C=O) groups is 2. The molecule has 0 radical (unpaired) electrons. The zero-order chi connectivity index (χ0) is 28.3. The Morgan fingerprint density at radius 1 is 1.10 bits per heavy atom. The molecule has 3 aromatic rings. The Labute approximate surface area is 229 Å². The lowest BCUT2D eigenvalue weighted by Gasteiger charge is -2.24. The van der Waals surface area contributed by atoms with Crippen molar-refractivity contribution < 1.29 is 18.0 Å². The molecule has 1 aliphatic rings. The zero-order valence-electron chi connectivity index (χ0n) is 22.6. The highest BCUT2D eigenvalue weighted by Crippen LogP contribution is 2.35. The normalized spacial score (nSPS) is 17.5. The van der Waals surface area contributed by atoms with Crippen molar-refractivity contribution in [2.24, 2.45) is 18.7 Å². The molecule has 0 unspecified atom stereocenters. The number of nitrogens with two attached hydrogens (primary N) is 1. The van der Waals surface area contributed by atoms with Crippen molar-refractivity contribution in [3.05, 3.63) is 65.4 Å². The van der Waals surface area contributed by atoms with Gasteiger partial charge in [0.1, 0.15) is 11.8 Å². The van der Waals surface area contributed by atoms with Crippen molar-refractivity contribution in [2.45, 2.75) is 56.4 Å². The highest BCUT2D eigenvalue weighted by molar-refractivity contribution is 7.89. The number of nitrogens with one attached hydrogen (secondary N) is 1. The number of amides is 2. The van der Waals surface area contributed by atoms with Crippen molar-refractivity contribution in [2.75, 3.05) is 13.1 Å². The van der Waals surface area contributed by atoms with Crippen LogP contribution in [0.5, 0.6) is 0 Å². The minimum absolute atomic E-state index is 0.00178. The quantitative estimate of drug-likeness (QED) is 0.442. The van der Waals surface area contributed by atoms with Gasteiger partial charge in [-0.15, -0.1) is 0 Å². The topological polar surface area (TPSA) is 138 Å². The first-order valence-electron chi connectivity index (χ1n) is 13.2. The molecule has 1 aliphatic heterocycles. The van der Waals surface area contributed by atoms with Crippen molar-refractivity contribution in [3.63, 3.8) is 0 Å². The van der Waals surface area contributed by atoms with Crippen LogP contribution < -0.4 is 11.1 Å². The van der Waals surface area contributed by atoms with Crippen molar-refractivity contribution in [1.29, 1.82) is 5.26 Å². The SMILES string of the molecule is CC(C)C[C@H](C(=O)N[C@@H]1CCCN(S(=O)(=O)c2ccccc2C#N)CC1)c1c(C(N)=O)n(C)c2ccccc12. The summed E-state index contributed by atoms with van der Waals surface area (Å²) in [5, 5.41) is 13.4. The summed E-state index contributed by atoms with van der Waals surface area (Å²) >= 11 is 0. The van der Waals surface area contributed by atoms with Gasteiger partial charge >= 0.3 is 0 Å². The predicted octanol–water partition coefficient (Wildman–Crippen LogP) is 3.64. The molecule has 2 aromatic carbocycles. The average molecular weight is 550 g/mol. The molecule has 0 aliphatic carbocycles. The van der Waals surface area contributed by atoms with E-state index < -0.39 is 21.8 Å². The first-order valence-corrected chi connectivity index (χ1v) is 14.7. The van der Waals surface area contributed by atoms with Crippen molar-refractivity contribution >= 4 is 32.7 Å². The Balaban J connectivity index is 1.58. The van der Waals surface area contributed by atoms with Gasteiger partial charge in [-0.1, -0.05) is 44.2 Å². The summed E-state index contributed by atoms with van der Waals surface area (Å²) in [6.45, 7) is 4.59. The number of hydrogen-bond donors (Lipinski definition) is 2. The summed E-state index contributed by atoms with van der Waals surface area (Å²) in [4.78, 5) is 26.4. The first-order chi connectivity index (χ1) is 18.6. The molecule has 2 amide bonds. The fourth-order valence-corrected chi connectivity index (χ4v) is 7.22. The van der Waals surface area contributed by atoms with E-state index in [9.17, 15) is 23.3 Å². The monoisotopic (exact) mass is 549 g/mol. The lowest BCUT2D eigenvalue weighted by molar-refractivity contribution is -0.123. The van der Waals surface area contributed by atoms with E-state index in [0.717, 1.165) is 10.9 Å². The van der Waals surface area contributed by atoms with E-state index >= 15 is 0 Å². The Bertz CT molecular complexity index is 1540. The molecular weight excluding hydrogens is 514 g/mol. The first kappa shape index (κ1) is 28.3. The van der Waals surface area contributed by atoms with Crippen LogP contribution in [-0.4, -0.2) is 48.2 Å². The highest BCUT2D eigenvalue weighted by atomic mass is 32.2. The molecule has 1 fully saturated rings. The Morgan fingerprint density at radius 3 is 2.49 bits per heavy atom. The number of para-hydroxylation sites is 1. The number of carbonyl (C=O) groups excluding carboxylic acids is 2. The van der Waals surface area contributed by atoms with E-state index in [0.29, 0.717) is 43.5 Å². The van der Waals surface area contributed by atoms with Crippen LogP contribution in [0.2, 0.25) is 0 Å². The van der Waals surface area contributed by atoms with E-state index in [4.69, 9.17) is 5.73 Å². The predicted molar refractivity (Wildman–Crippen MR) is 149 cm³/mol. The highest BCUT2D eigenvalue weighted by Gasteiger charge is 2.34. The van der Waals surface area contributed by atoms with Gasteiger partial charge in [-0.3, -0.25) is 9.59 Å².